The summed E-state index contributed by atoms with van der Waals surface area (Å²) in [6, 6.07) is 6.31. The number of nitrogens with one attached hydrogen (secondary N) is 4. The van der Waals surface area contributed by atoms with Crippen LogP contribution in [0.4, 0.5) is 10.5 Å². The molecule has 1 aromatic carbocycles. The molecule has 4 N–H and O–H groups in total. The number of benzene rings is 1. The van der Waals surface area contributed by atoms with Gasteiger partial charge in [0.15, 0.2) is 0 Å². The third-order valence-electron chi connectivity index (χ3n) is 2.78. The number of ether oxygens (including phenoxy) is 1. The van der Waals surface area contributed by atoms with Crippen molar-refractivity contribution in [3.63, 3.8) is 0 Å². The molecule has 1 aromatic rings. The second-order valence-corrected chi connectivity index (χ2v) is 6.34. The van der Waals surface area contributed by atoms with Crippen LogP contribution in [0, 0.1) is 0 Å². The molecule has 25 heavy (non-hydrogen) atoms. The van der Waals surface area contributed by atoms with Crippen molar-refractivity contribution in [3.8, 4) is 5.75 Å². The fraction of sp³-hybridized carbons (Fsp3) is 0.471. The summed E-state index contributed by atoms with van der Waals surface area (Å²) in [4.78, 5) is 35.0. The van der Waals surface area contributed by atoms with Gasteiger partial charge in [0.25, 0.3) is 0 Å². The zero-order valence-corrected chi connectivity index (χ0v) is 15.1. The molecule has 138 valence electrons. The number of hydrogen-bond donors (Lipinski definition) is 4. The largest absolute Gasteiger partial charge is 0.494 e. The minimum absolute atomic E-state index is 0.163. The first-order valence-corrected chi connectivity index (χ1v) is 8.05. The molecule has 8 heteroatoms. The van der Waals surface area contributed by atoms with Crippen molar-refractivity contribution in [2.45, 2.75) is 33.2 Å². The summed E-state index contributed by atoms with van der Waals surface area (Å²) in [5, 5.41) is 10.1. The number of hydrogen-bond acceptors (Lipinski definition) is 4. The SMILES string of the molecule is CCOc1ccc(NC(=O)CNC(=O)NCC(=O)NC(C)(C)C)cc1. The van der Waals surface area contributed by atoms with E-state index in [1.165, 1.54) is 0 Å². The molecule has 0 radical (unpaired) electrons. The smallest absolute Gasteiger partial charge is 0.315 e. The summed E-state index contributed by atoms with van der Waals surface area (Å²) < 4.78 is 5.31. The molecule has 0 spiro atoms. The lowest BCUT2D eigenvalue weighted by Crippen LogP contribution is -2.48. The Kier molecular flexibility index (Phi) is 7.71. The van der Waals surface area contributed by atoms with Gasteiger partial charge in [0.1, 0.15) is 5.75 Å². The fourth-order valence-electron chi connectivity index (χ4n) is 1.85. The van der Waals surface area contributed by atoms with Gasteiger partial charge in [0.05, 0.1) is 19.7 Å². The van der Waals surface area contributed by atoms with Crippen molar-refractivity contribution in [1.82, 2.24) is 16.0 Å². The number of carbonyl (C=O) groups excluding carboxylic acids is 3. The number of carbonyl (C=O) groups is 3. The van der Waals surface area contributed by atoms with Crippen molar-refractivity contribution >= 4 is 23.5 Å². The van der Waals surface area contributed by atoms with Crippen LogP contribution in [-0.4, -0.2) is 43.1 Å². The van der Waals surface area contributed by atoms with Gasteiger partial charge in [-0.15, -0.1) is 0 Å². The van der Waals surface area contributed by atoms with Gasteiger partial charge >= 0.3 is 6.03 Å². The van der Waals surface area contributed by atoms with E-state index in [-0.39, 0.29) is 30.4 Å². The van der Waals surface area contributed by atoms with Gasteiger partial charge in [-0.1, -0.05) is 0 Å². The third kappa shape index (κ3) is 9.19. The molecule has 4 amide bonds. The van der Waals surface area contributed by atoms with Crippen LogP contribution in [0.5, 0.6) is 5.75 Å². The lowest BCUT2D eigenvalue weighted by molar-refractivity contribution is -0.121. The van der Waals surface area contributed by atoms with Crippen molar-refractivity contribution < 1.29 is 19.1 Å². The molecule has 8 nitrogen and oxygen atoms in total. The van der Waals surface area contributed by atoms with Crippen LogP contribution in [0.25, 0.3) is 0 Å². The highest BCUT2D eigenvalue weighted by Gasteiger charge is 2.14. The lowest BCUT2D eigenvalue weighted by Gasteiger charge is -2.20. The van der Waals surface area contributed by atoms with Crippen LogP contribution in [0.15, 0.2) is 24.3 Å². The number of rotatable bonds is 7. The summed E-state index contributed by atoms with van der Waals surface area (Å²) in [6.07, 6.45) is 0. The minimum Gasteiger partial charge on any atom is -0.494 e. The number of anilines is 1. The van der Waals surface area contributed by atoms with Crippen LogP contribution in [0.1, 0.15) is 27.7 Å². The maximum atomic E-state index is 11.8. The second kappa shape index (κ2) is 9.51. The average Bonchev–Trinajstić information content (AvgIpc) is 2.51. The molecule has 0 aliphatic rings. The molecule has 0 aliphatic carbocycles. The summed E-state index contributed by atoms with van der Waals surface area (Å²) in [5.74, 6) is 0.0338. The lowest BCUT2D eigenvalue weighted by atomic mass is 10.1. The Bertz CT molecular complexity index is 594. The van der Waals surface area contributed by atoms with Gasteiger partial charge in [-0.2, -0.15) is 0 Å². The molecule has 0 aromatic heterocycles. The summed E-state index contributed by atoms with van der Waals surface area (Å²) in [5.41, 5.74) is 0.229. The van der Waals surface area contributed by atoms with Gasteiger partial charge in [0.2, 0.25) is 11.8 Å². The highest BCUT2D eigenvalue weighted by atomic mass is 16.5. The second-order valence-electron chi connectivity index (χ2n) is 6.34. The topological polar surface area (TPSA) is 109 Å². The van der Waals surface area contributed by atoms with Gasteiger partial charge in [-0.25, -0.2) is 4.79 Å². The Hall–Kier alpha value is -2.77. The van der Waals surface area contributed by atoms with Gasteiger partial charge < -0.3 is 26.0 Å². The Morgan fingerprint density at radius 3 is 2.04 bits per heavy atom. The molecule has 1 rings (SSSR count). The van der Waals surface area contributed by atoms with Gasteiger partial charge in [0, 0.05) is 11.2 Å². The maximum absolute atomic E-state index is 11.8. The van der Waals surface area contributed by atoms with Crippen molar-refractivity contribution in [2.24, 2.45) is 0 Å². The minimum atomic E-state index is -0.592. The van der Waals surface area contributed by atoms with Crippen LogP contribution in [0.3, 0.4) is 0 Å². The number of urea groups is 1. The van der Waals surface area contributed by atoms with E-state index in [1.54, 1.807) is 24.3 Å². The standard InChI is InChI=1S/C17H26N4O4/c1-5-25-13-8-6-12(7-9-13)20-14(22)10-18-16(24)19-11-15(23)21-17(2,3)4/h6-9H,5,10-11H2,1-4H3,(H,20,22)(H,21,23)(H2,18,19,24). The zero-order valence-electron chi connectivity index (χ0n) is 15.1. The molecule has 0 fully saturated rings. The summed E-state index contributed by atoms with van der Waals surface area (Å²) >= 11 is 0. The Balaban J connectivity index is 2.28. The van der Waals surface area contributed by atoms with E-state index >= 15 is 0 Å². The van der Waals surface area contributed by atoms with E-state index in [0.29, 0.717) is 18.0 Å². The molecule has 0 saturated heterocycles. The van der Waals surface area contributed by atoms with E-state index in [2.05, 4.69) is 21.3 Å². The Morgan fingerprint density at radius 2 is 1.52 bits per heavy atom. The molecular formula is C17H26N4O4. The van der Waals surface area contributed by atoms with Gasteiger partial charge in [-0.05, 0) is 52.0 Å². The highest BCUT2D eigenvalue weighted by Crippen LogP contribution is 2.15. The van der Waals surface area contributed by atoms with Crippen molar-refractivity contribution in [2.75, 3.05) is 25.0 Å². The van der Waals surface area contributed by atoms with E-state index in [9.17, 15) is 14.4 Å². The monoisotopic (exact) mass is 350 g/mol. The average molecular weight is 350 g/mol. The first-order chi connectivity index (χ1) is 11.7. The number of amides is 4. The predicted octanol–water partition coefficient (Wildman–Crippen LogP) is 1.24. The quantitative estimate of drug-likeness (QED) is 0.593. The Labute approximate surface area is 147 Å². The molecule has 0 saturated carbocycles. The van der Waals surface area contributed by atoms with Crippen LogP contribution in [0.2, 0.25) is 0 Å². The van der Waals surface area contributed by atoms with Crippen LogP contribution in [-0.2, 0) is 9.59 Å². The molecule has 0 unspecified atom stereocenters. The fourth-order valence-corrected chi connectivity index (χ4v) is 1.85. The normalized spacial score (nSPS) is 10.6. The van der Waals surface area contributed by atoms with Crippen LogP contribution >= 0.6 is 0 Å². The maximum Gasteiger partial charge on any atom is 0.315 e. The van der Waals surface area contributed by atoms with Crippen molar-refractivity contribution in [3.05, 3.63) is 24.3 Å². The highest BCUT2D eigenvalue weighted by molar-refractivity contribution is 5.94. The molecular weight excluding hydrogens is 324 g/mol. The summed E-state index contributed by atoms with van der Waals surface area (Å²) in [7, 11) is 0. The summed E-state index contributed by atoms with van der Waals surface area (Å²) in [6.45, 7) is 7.61. The van der Waals surface area contributed by atoms with E-state index < -0.39 is 6.03 Å². The Morgan fingerprint density at radius 1 is 0.960 bits per heavy atom. The van der Waals surface area contributed by atoms with Crippen molar-refractivity contribution in [1.29, 1.82) is 0 Å². The molecule has 0 aliphatic heterocycles. The van der Waals surface area contributed by atoms with Gasteiger partial charge in [-0.3, -0.25) is 9.59 Å². The van der Waals surface area contributed by atoms with Crippen LogP contribution < -0.4 is 26.0 Å². The first-order valence-electron chi connectivity index (χ1n) is 8.05. The predicted molar refractivity (Wildman–Crippen MR) is 95.5 cm³/mol. The van der Waals surface area contributed by atoms with E-state index in [1.807, 2.05) is 27.7 Å². The zero-order chi connectivity index (χ0) is 18.9. The molecule has 0 heterocycles. The van der Waals surface area contributed by atoms with E-state index in [0.717, 1.165) is 0 Å². The third-order valence-corrected chi connectivity index (χ3v) is 2.78. The molecule has 0 atom stereocenters. The first kappa shape index (κ1) is 20.3. The van der Waals surface area contributed by atoms with E-state index in [4.69, 9.17) is 4.74 Å². The molecule has 0 bridgehead atoms.